The first-order valence-electron chi connectivity index (χ1n) is 5.58. The Bertz CT molecular complexity index is 439. The van der Waals surface area contributed by atoms with Crippen LogP contribution in [0.4, 0.5) is 0 Å². The first-order chi connectivity index (χ1) is 7.74. The predicted molar refractivity (Wildman–Crippen MR) is 88.3 cm³/mol. The van der Waals surface area contributed by atoms with Crippen LogP contribution in [0.3, 0.4) is 0 Å². The SMILES string of the molecule is Cl.Cl.Cl.NC(=O)C1CSC23C=CC=CC2=NCCC13. The molecule has 3 atom stereocenters. The summed E-state index contributed by atoms with van der Waals surface area (Å²) in [4.78, 5) is 16.0. The van der Waals surface area contributed by atoms with Crippen molar-refractivity contribution >= 4 is 60.6 Å². The summed E-state index contributed by atoms with van der Waals surface area (Å²) in [5.41, 5.74) is 6.61. The van der Waals surface area contributed by atoms with Gasteiger partial charge in [-0.15, -0.1) is 49.0 Å². The van der Waals surface area contributed by atoms with E-state index in [1.165, 1.54) is 0 Å². The molecule has 3 rings (SSSR count). The van der Waals surface area contributed by atoms with Crippen molar-refractivity contribution in [2.24, 2.45) is 22.6 Å². The number of allylic oxidation sites excluding steroid dienone is 3. The van der Waals surface area contributed by atoms with Gasteiger partial charge in [0.05, 0.1) is 16.4 Å². The van der Waals surface area contributed by atoms with Gasteiger partial charge in [-0.2, -0.15) is 0 Å². The van der Waals surface area contributed by atoms with Crippen molar-refractivity contribution in [2.45, 2.75) is 11.2 Å². The van der Waals surface area contributed by atoms with Crippen molar-refractivity contribution < 1.29 is 4.79 Å². The minimum absolute atomic E-state index is 0. The number of hydrogen-bond acceptors (Lipinski definition) is 3. The van der Waals surface area contributed by atoms with E-state index in [-0.39, 0.29) is 53.8 Å². The summed E-state index contributed by atoms with van der Waals surface area (Å²) in [6, 6.07) is 0. The molecule has 3 nitrogen and oxygen atoms in total. The van der Waals surface area contributed by atoms with Crippen LogP contribution in [0.25, 0.3) is 0 Å². The lowest BCUT2D eigenvalue weighted by molar-refractivity contribution is -0.122. The zero-order valence-corrected chi connectivity index (χ0v) is 13.4. The van der Waals surface area contributed by atoms with Gasteiger partial charge < -0.3 is 5.73 Å². The van der Waals surface area contributed by atoms with Crippen LogP contribution in [0.1, 0.15) is 6.42 Å². The summed E-state index contributed by atoms with van der Waals surface area (Å²) in [5.74, 6) is 1.02. The van der Waals surface area contributed by atoms with E-state index >= 15 is 0 Å². The Hall–Kier alpha value is -0.160. The third-order valence-electron chi connectivity index (χ3n) is 3.74. The van der Waals surface area contributed by atoms with E-state index in [1.807, 2.05) is 17.8 Å². The van der Waals surface area contributed by atoms with Gasteiger partial charge in [-0.25, -0.2) is 0 Å². The largest absolute Gasteiger partial charge is 0.369 e. The van der Waals surface area contributed by atoms with Crippen LogP contribution in [0.2, 0.25) is 0 Å². The predicted octanol–water partition coefficient (Wildman–Crippen LogP) is 2.43. The molecule has 2 N–H and O–H groups in total. The summed E-state index contributed by atoms with van der Waals surface area (Å²) in [6.45, 7) is 0.824. The molecule has 3 aliphatic rings. The van der Waals surface area contributed by atoms with E-state index in [0.29, 0.717) is 5.92 Å². The van der Waals surface area contributed by atoms with Crippen LogP contribution in [0, 0.1) is 11.8 Å². The Balaban J connectivity index is 0.00000108. The van der Waals surface area contributed by atoms with Gasteiger partial charge in [-0.05, 0) is 18.4 Å². The molecule has 108 valence electrons. The first kappa shape index (κ1) is 18.8. The Morgan fingerprint density at radius 3 is 2.79 bits per heavy atom. The Morgan fingerprint density at radius 1 is 1.37 bits per heavy atom. The van der Waals surface area contributed by atoms with Crippen LogP contribution in [0.15, 0.2) is 29.3 Å². The number of carbonyl (C=O) groups is 1. The summed E-state index contributed by atoms with van der Waals surface area (Å²) >= 11 is 1.82. The van der Waals surface area contributed by atoms with Crippen molar-refractivity contribution in [1.29, 1.82) is 0 Å². The van der Waals surface area contributed by atoms with E-state index in [4.69, 9.17) is 5.73 Å². The molecule has 0 saturated carbocycles. The second-order valence-electron chi connectivity index (χ2n) is 4.49. The van der Waals surface area contributed by atoms with E-state index in [9.17, 15) is 4.79 Å². The number of hydrogen-bond donors (Lipinski definition) is 1. The van der Waals surface area contributed by atoms with Gasteiger partial charge in [0.1, 0.15) is 0 Å². The van der Waals surface area contributed by atoms with Gasteiger partial charge in [0.15, 0.2) is 0 Å². The molecule has 1 fully saturated rings. The number of amides is 1. The maximum absolute atomic E-state index is 11.5. The zero-order valence-electron chi connectivity index (χ0n) is 10.2. The van der Waals surface area contributed by atoms with Crippen molar-refractivity contribution in [2.75, 3.05) is 12.3 Å². The van der Waals surface area contributed by atoms with Crippen molar-refractivity contribution in [1.82, 2.24) is 0 Å². The lowest BCUT2D eigenvalue weighted by atomic mass is 9.74. The third kappa shape index (κ3) is 2.82. The lowest BCUT2D eigenvalue weighted by Gasteiger charge is -2.37. The molecular formula is C12H17Cl3N2OS. The third-order valence-corrected chi connectivity index (χ3v) is 5.39. The fraction of sp³-hybridized carbons (Fsp3) is 0.500. The Labute approximate surface area is 135 Å². The van der Waals surface area contributed by atoms with Gasteiger partial charge in [0.2, 0.25) is 5.91 Å². The molecule has 1 saturated heterocycles. The zero-order chi connectivity index (χ0) is 11.2. The Morgan fingerprint density at radius 2 is 2.11 bits per heavy atom. The topological polar surface area (TPSA) is 55.5 Å². The van der Waals surface area contributed by atoms with Gasteiger partial charge in [-0.3, -0.25) is 9.79 Å². The minimum atomic E-state index is -0.154. The normalized spacial score (nSPS) is 33.8. The van der Waals surface area contributed by atoms with Gasteiger partial charge in [-0.1, -0.05) is 18.2 Å². The number of aliphatic imine (C=N–C) groups is 1. The maximum Gasteiger partial charge on any atom is 0.221 e. The smallest absolute Gasteiger partial charge is 0.221 e. The highest BCUT2D eigenvalue weighted by Crippen LogP contribution is 2.52. The first-order valence-corrected chi connectivity index (χ1v) is 6.57. The molecule has 7 heteroatoms. The highest BCUT2D eigenvalue weighted by Gasteiger charge is 2.53. The fourth-order valence-electron chi connectivity index (χ4n) is 2.94. The van der Waals surface area contributed by atoms with Crippen LogP contribution < -0.4 is 5.73 Å². The molecule has 2 heterocycles. The summed E-state index contributed by atoms with van der Waals surface area (Å²) in [7, 11) is 0. The monoisotopic (exact) mass is 342 g/mol. The number of nitrogens with two attached hydrogens (primary N) is 1. The molecule has 2 aliphatic heterocycles. The van der Waals surface area contributed by atoms with Gasteiger partial charge in [0, 0.05) is 12.3 Å². The fourth-order valence-corrected chi connectivity index (χ4v) is 4.75. The average Bonchev–Trinajstić information content (AvgIpc) is 2.66. The van der Waals surface area contributed by atoms with Gasteiger partial charge >= 0.3 is 0 Å². The minimum Gasteiger partial charge on any atom is -0.369 e. The van der Waals surface area contributed by atoms with Crippen molar-refractivity contribution in [3.63, 3.8) is 0 Å². The molecule has 1 spiro atoms. The van der Waals surface area contributed by atoms with E-state index in [1.54, 1.807) is 0 Å². The number of rotatable bonds is 1. The van der Waals surface area contributed by atoms with Crippen molar-refractivity contribution in [3.8, 4) is 0 Å². The summed E-state index contributed by atoms with van der Waals surface area (Å²) in [5, 5.41) is 0. The Kier molecular flexibility index (Phi) is 6.96. The van der Waals surface area contributed by atoms with Crippen LogP contribution in [-0.4, -0.2) is 28.7 Å². The molecule has 0 aromatic rings. The highest BCUT2D eigenvalue weighted by molar-refractivity contribution is 8.02. The number of primary amides is 1. The second-order valence-corrected chi connectivity index (χ2v) is 5.79. The van der Waals surface area contributed by atoms with Crippen molar-refractivity contribution in [3.05, 3.63) is 24.3 Å². The maximum atomic E-state index is 11.5. The molecule has 1 amide bonds. The average molecular weight is 344 g/mol. The van der Waals surface area contributed by atoms with E-state index in [0.717, 1.165) is 24.4 Å². The molecule has 1 aliphatic carbocycles. The van der Waals surface area contributed by atoms with Crippen LogP contribution in [-0.2, 0) is 4.79 Å². The molecule has 3 unspecified atom stereocenters. The lowest BCUT2D eigenvalue weighted by Crippen LogP contribution is -2.45. The second kappa shape index (κ2) is 7.02. The van der Waals surface area contributed by atoms with E-state index in [2.05, 4.69) is 23.2 Å². The quantitative estimate of drug-likeness (QED) is 0.795. The van der Waals surface area contributed by atoms with Gasteiger partial charge in [0.25, 0.3) is 0 Å². The molecule has 0 radical (unpaired) electrons. The van der Waals surface area contributed by atoms with Crippen LogP contribution in [0.5, 0.6) is 0 Å². The number of halogens is 3. The molecule has 0 aromatic heterocycles. The summed E-state index contributed by atoms with van der Waals surface area (Å²) in [6.07, 6.45) is 9.33. The van der Waals surface area contributed by atoms with Crippen LogP contribution >= 0.6 is 49.0 Å². The number of thioether (sulfide) groups is 1. The number of carbonyl (C=O) groups excluding carboxylic acids is 1. The molecule has 19 heavy (non-hydrogen) atoms. The highest BCUT2D eigenvalue weighted by atomic mass is 35.5. The molecule has 0 bridgehead atoms. The standard InChI is InChI=1S/C12H14N2OS.3ClH/c13-11(15)8-7-16-12-5-2-1-3-10(12)14-6-4-9(8)12;;;/h1-3,5,8-9H,4,6-7H2,(H2,13,15);3*1H. The molecule has 0 aromatic carbocycles. The van der Waals surface area contributed by atoms with E-state index < -0.39 is 0 Å². The number of nitrogens with zero attached hydrogens (tertiary/aromatic N) is 1. The molecular weight excluding hydrogens is 327 g/mol. The summed E-state index contributed by atoms with van der Waals surface area (Å²) < 4.78 is -0.0628.